The molecule has 19 heavy (non-hydrogen) atoms. The first kappa shape index (κ1) is 13.3. The maximum atomic E-state index is 12.0. The Hall–Kier alpha value is -2.12. The lowest BCUT2D eigenvalue weighted by atomic mass is 10.1. The molecule has 0 aromatic heterocycles. The molecule has 0 aliphatic heterocycles. The van der Waals surface area contributed by atoms with E-state index in [-0.39, 0.29) is 5.91 Å². The fourth-order valence-electron chi connectivity index (χ4n) is 1.58. The van der Waals surface area contributed by atoms with E-state index in [4.69, 9.17) is 5.26 Å². The number of hydrogen-bond donors (Lipinski definition) is 1. The summed E-state index contributed by atoms with van der Waals surface area (Å²) >= 11 is 3.37. The molecule has 1 amide bonds. The summed E-state index contributed by atoms with van der Waals surface area (Å²) in [5.41, 5.74) is 2.97. The fraction of sp³-hybridized carbons (Fsp3) is 0.0667. The van der Waals surface area contributed by atoms with Gasteiger partial charge in [-0.1, -0.05) is 28.1 Å². The number of nitrogens with one attached hydrogen (secondary N) is 1. The number of nitrogens with zero attached hydrogens (tertiary/aromatic N) is 1. The largest absolute Gasteiger partial charge is 0.322 e. The van der Waals surface area contributed by atoms with Gasteiger partial charge in [0.2, 0.25) is 0 Å². The minimum absolute atomic E-state index is 0.184. The summed E-state index contributed by atoms with van der Waals surface area (Å²) in [5.74, 6) is -0.184. The van der Waals surface area contributed by atoms with Crippen molar-refractivity contribution in [3.05, 3.63) is 65.2 Å². The highest BCUT2D eigenvalue weighted by atomic mass is 79.9. The van der Waals surface area contributed by atoms with Gasteiger partial charge in [0.05, 0.1) is 11.6 Å². The fourth-order valence-corrected chi connectivity index (χ4v) is 1.95. The first-order valence-corrected chi connectivity index (χ1v) is 6.81. The molecule has 4 heteroatoms. The first-order valence-electron chi connectivity index (χ1n) is 5.69. The van der Waals surface area contributed by atoms with Crippen LogP contribution in [0.1, 0.15) is 21.5 Å². The standard InChI is InChI=1S/C15H11BrN2O/c16-9-11-3-7-14(8-4-11)18-15(19)13-5-1-12(10-17)2-6-13/h1-8H,9H2,(H,18,19). The lowest BCUT2D eigenvalue weighted by molar-refractivity contribution is 0.102. The Bertz CT molecular complexity index is 612. The minimum atomic E-state index is -0.184. The van der Waals surface area contributed by atoms with Gasteiger partial charge in [0.25, 0.3) is 5.91 Å². The Morgan fingerprint density at radius 2 is 1.74 bits per heavy atom. The van der Waals surface area contributed by atoms with Gasteiger partial charge in [0.1, 0.15) is 0 Å². The van der Waals surface area contributed by atoms with E-state index in [1.54, 1.807) is 24.3 Å². The summed E-state index contributed by atoms with van der Waals surface area (Å²) in [6, 6.07) is 16.2. The lowest BCUT2D eigenvalue weighted by Gasteiger charge is -2.06. The number of rotatable bonds is 3. The maximum absolute atomic E-state index is 12.0. The van der Waals surface area contributed by atoms with Gasteiger partial charge in [-0.15, -0.1) is 0 Å². The van der Waals surface area contributed by atoms with E-state index in [0.717, 1.165) is 16.6 Å². The van der Waals surface area contributed by atoms with Crippen molar-refractivity contribution in [2.75, 3.05) is 5.32 Å². The number of carbonyl (C=O) groups excluding carboxylic acids is 1. The summed E-state index contributed by atoms with van der Waals surface area (Å²) in [4.78, 5) is 12.0. The molecule has 0 bridgehead atoms. The zero-order valence-corrected chi connectivity index (χ0v) is 11.6. The van der Waals surface area contributed by atoms with Crippen molar-refractivity contribution in [3.63, 3.8) is 0 Å². The Morgan fingerprint density at radius 3 is 2.26 bits per heavy atom. The molecule has 0 spiro atoms. The lowest BCUT2D eigenvalue weighted by Crippen LogP contribution is -2.11. The molecule has 3 nitrogen and oxygen atoms in total. The van der Waals surface area contributed by atoms with Crippen LogP contribution in [-0.4, -0.2) is 5.91 Å². The van der Waals surface area contributed by atoms with Crippen molar-refractivity contribution in [1.29, 1.82) is 5.26 Å². The molecule has 0 fully saturated rings. The van der Waals surface area contributed by atoms with Crippen LogP contribution in [0, 0.1) is 11.3 Å². The second kappa shape index (κ2) is 6.17. The molecular weight excluding hydrogens is 304 g/mol. The molecule has 2 rings (SSSR count). The van der Waals surface area contributed by atoms with E-state index in [2.05, 4.69) is 21.2 Å². The molecule has 2 aromatic carbocycles. The molecule has 0 aliphatic rings. The van der Waals surface area contributed by atoms with E-state index in [0.29, 0.717) is 11.1 Å². The van der Waals surface area contributed by atoms with Crippen molar-refractivity contribution < 1.29 is 4.79 Å². The Morgan fingerprint density at radius 1 is 1.11 bits per heavy atom. The number of carbonyl (C=O) groups is 1. The second-order valence-electron chi connectivity index (χ2n) is 3.97. The number of amides is 1. The van der Waals surface area contributed by atoms with Crippen LogP contribution in [0.5, 0.6) is 0 Å². The second-order valence-corrected chi connectivity index (χ2v) is 4.53. The van der Waals surface area contributed by atoms with Gasteiger partial charge in [-0.05, 0) is 42.0 Å². The molecular formula is C15H11BrN2O. The number of halogens is 1. The molecule has 1 N–H and O–H groups in total. The smallest absolute Gasteiger partial charge is 0.255 e. The summed E-state index contributed by atoms with van der Waals surface area (Å²) < 4.78 is 0. The van der Waals surface area contributed by atoms with E-state index in [9.17, 15) is 4.79 Å². The molecule has 0 saturated carbocycles. The van der Waals surface area contributed by atoms with Crippen LogP contribution in [0.25, 0.3) is 0 Å². The van der Waals surface area contributed by atoms with Crippen LogP contribution in [0.2, 0.25) is 0 Å². The third kappa shape index (κ3) is 3.43. The number of hydrogen-bond acceptors (Lipinski definition) is 2. The summed E-state index contributed by atoms with van der Waals surface area (Å²) in [5, 5.41) is 12.3. The molecule has 0 aliphatic carbocycles. The predicted octanol–water partition coefficient (Wildman–Crippen LogP) is 3.71. The van der Waals surface area contributed by atoms with E-state index in [1.165, 1.54) is 0 Å². The van der Waals surface area contributed by atoms with E-state index < -0.39 is 0 Å². The maximum Gasteiger partial charge on any atom is 0.255 e. The SMILES string of the molecule is N#Cc1ccc(C(=O)Nc2ccc(CBr)cc2)cc1. The molecule has 2 aromatic rings. The Balaban J connectivity index is 2.09. The number of anilines is 1. The first-order chi connectivity index (χ1) is 9.22. The number of alkyl halides is 1. The van der Waals surface area contributed by atoms with Crippen LogP contribution in [-0.2, 0) is 5.33 Å². The molecule has 0 heterocycles. The van der Waals surface area contributed by atoms with Crippen LogP contribution < -0.4 is 5.32 Å². The van der Waals surface area contributed by atoms with Gasteiger partial charge in [-0.25, -0.2) is 0 Å². The van der Waals surface area contributed by atoms with Gasteiger partial charge in [-0.3, -0.25) is 4.79 Å². The van der Waals surface area contributed by atoms with Crippen molar-refractivity contribution in [2.24, 2.45) is 0 Å². The number of nitriles is 1. The third-order valence-electron chi connectivity index (χ3n) is 2.64. The van der Waals surface area contributed by atoms with E-state index in [1.807, 2.05) is 30.3 Å². The highest BCUT2D eigenvalue weighted by molar-refractivity contribution is 9.08. The van der Waals surface area contributed by atoms with Crippen LogP contribution in [0.3, 0.4) is 0 Å². The van der Waals surface area contributed by atoms with Crippen LogP contribution >= 0.6 is 15.9 Å². The summed E-state index contributed by atoms with van der Waals surface area (Å²) in [6.45, 7) is 0. The van der Waals surface area contributed by atoms with Gasteiger partial charge in [-0.2, -0.15) is 5.26 Å². The molecule has 0 radical (unpaired) electrons. The van der Waals surface area contributed by atoms with Crippen molar-refractivity contribution in [2.45, 2.75) is 5.33 Å². The van der Waals surface area contributed by atoms with Crippen LogP contribution in [0.4, 0.5) is 5.69 Å². The molecule has 0 atom stereocenters. The Labute approximate surface area is 120 Å². The highest BCUT2D eigenvalue weighted by Crippen LogP contribution is 2.13. The van der Waals surface area contributed by atoms with Crippen molar-refractivity contribution >= 4 is 27.5 Å². The minimum Gasteiger partial charge on any atom is -0.322 e. The average molecular weight is 315 g/mol. The molecule has 0 unspecified atom stereocenters. The molecule has 0 saturated heterocycles. The van der Waals surface area contributed by atoms with Gasteiger partial charge in [0, 0.05) is 16.6 Å². The Kier molecular flexibility index (Phi) is 4.32. The molecule has 94 valence electrons. The normalized spacial score (nSPS) is 9.68. The topological polar surface area (TPSA) is 52.9 Å². The average Bonchev–Trinajstić information content (AvgIpc) is 2.48. The number of benzene rings is 2. The van der Waals surface area contributed by atoms with Gasteiger partial charge < -0.3 is 5.32 Å². The van der Waals surface area contributed by atoms with E-state index >= 15 is 0 Å². The van der Waals surface area contributed by atoms with Gasteiger partial charge in [0.15, 0.2) is 0 Å². The predicted molar refractivity (Wildman–Crippen MR) is 78.2 cm³/mol. The quantitative estimate of drug-likeness (QED) is 0.878. The zero-order valence-electron chi connectivity index (χ0n) is 10.1. The van der Waals surface area contributed by atoms with Crippen LogP contribution in [0.15, 0.2) is 48.5 Å². The monoisotopic (exact) mass is 314 g/mol. The third-order valence-corrected chi connectivity index (χ3v) is 3.29. The zero-order chi connectivity index (χ0) is 13.7. The summed E-state index contributed by atoms with van der Waals surface area (Å²) in [6.07, 6.45) is 0. The van der Waals surface area contributed by atoms with Gasteiger partial charge >= 0.3 is 0 Å². The van der Waals surface area contributed by atoms with Crippen molar-refractivity contribution in [3.8, 4) is 6.07 Å². The highest BCUT2D eigenvalue weighted by Gasteiger charge is 2.05. The summed E-state index contributed by atoms with van der Waals surface area (Å²) in [7, 11) is 0. The van der Waals surface area contributed by atoms with Crippen molar-refractivity contribution in [1.82, 2.24) is 0 Å².